The largest absolute Gasteiger partial charge is 0.385 e. The molecule has 0 amide bonds. The Balaban J connectivity index is 2.51. The number of rotatable bonds is 4. The minimum Gasteiger partial charge on any atom is -0.385 e. The summed E-state index contributed by atoms with van der Waals surface area (Å²) in [5.41, 5.74) is -0.0345. The summed E-state index contributed by atoms with van der Waals surface area (Å²) in [6.07, 6.45) is 5.93. The number of methoxy groups -OCH3 is 1. The van der Waals surface area contributed by atoms with E-state index in [-0.39, 0.29) is 5.56 Å². The normalized spacial score (nSPS) is 21.2. The van der Waals surface area contributed by atoms with Gasteiger partial charge in [-0.3, -0.25) is 4.99 Å². The maximum absolute atomic E-state index is 13.7. The van der Waals surface area contributed by atoms with Crippen LogP contribution in [0.1, 0.15) is 17.5 Å². The number of nitrogens with zero attached hydrogens (tertiary/aromatic N) is 2. The predicted molar refractivity (Wildman–Crippen MR) is 66.9 cm³/mol. The molecule has 0 spiro atoms. The third-order valence-corrected chi connectivity index (χ3v) is 3.04. The van der Waals surface area contributed by atoms with E-state index in [2.05, 4.69) is 4.99 Å². The fourth-order valence-corrected chi connectivity index (χ4v) is 2.12. The summed E-state index contributed by atoms with van der Waals surface area (Å²) in [5.74, 6) is -0.512. The van der Waals surface area contributed by atoms with Crippen LogP contribution in [0.5, 0.6) is 0 Å². The van der Waals surface area contributed by atoms with Gasteiger partial charge < -0.3 is 4.74 Å². The molecule has 1 aromatic carbocycles. The molecule has 18 heavy (non-hydrogen) atoms. The maximum Gasteiger partial charge on any atom is 0.141 e. The molecule has 1 atom stereocenters. The van der Waals surface area contributed by atoms with Crippen LogP contribution in [-0.2, 0) is 10.3 Å². The molecule has 1 aliphatic heterocycles. The lowest BCUT2D eigenvalue weighted by molar-refractivity contribution is 0.178. The zero-order valence-electron chi connectivity index (χ0n) is 10.1. The summed E-state index contributed by atoms with van der Waals surface area (Å²) >= 11 is 0. The van der Waals surface area contributed by atoms with Crippen LogP contribution in [0.25, 0.3) is 0 Å². The zero-order chi connectivity index (χ0) is 13.0. The first-order chi connectivity index (χ1) is 8.73. The number of allylic oxidation sites excluding steroid dienone is 1. The molecule has 0 radical (unpaired) electrons. The Morgan fingerprint density at radius 1 is 1.50 bits per heavy atom. The van der Waals surface area contributed by atoms with E-state index >= 15 is 0 Å². The fourth-order valence-electron chi connectivity index (χ4n) is 2.12. The first-order valence-corrected chi connectivity index (χ1v) is 5.64. The van der Waals surface area contributed by atoms with Gasteiger partial charge in [-0.15, -0.1) is 0 Å². The lowest BCUT2D eigenvalue weighted by atomic mass is 9.85. The molecule has 1 aliphatic rings. The molecule has 3 nitrogen and oxygen atoms in total. The van der Waals surface area contributed by atoms with Crippen molar-refractivity contribution in [1.82, 2.24) is 0 Å². The van der Waals surface area contributed by atoms with Crippen LogP contribution in [0.15, 0.2) is 35.3 Å². The van der Waals surface area contributed by atoms with E-state index in [0.29, 0.717) is 18.6 Å². The van der Waals surface area contributed by atoms with E-state index in [1.807, 2.05) is 18.2 Å². The third kappa shape index (κ3) is 2.05. The lowest BCUT2D eigenvalue weighted by Gasteiger charge is -2.25. The van der Waals surface area contributed by atoms with Crippen molar-refractivity contribution in [2.45, 2.75) is 12.0 Å². The summed E-state index contributed by atoms with van der Waals surface area (Å²) in [4.78, 5) is 4.39. The number of aliphatic imine (C=N–C) groups is 1. The highest BCUT2D eigenvalue weighted by Crippen LogP contribution is 2.36. The summed E-state index contributed by atoms with van der Waals surface area (Å²) < 4.78 is 18.7. The van der Waals surface area contributed by atoms with Crippen molar-refractivity contribution >= 4 is 6.21 Å². The first kappa shape index (κ1) is 12.5. The molecule has 0 bridgehead atoms. The Labute approximate surface area is 105 Å². The second-order valence-electron chi connectivity index (χ2n) is 4.08. The van der Waals surface area contributed by atoms with E-state index in [0.717, 1.165) is 0 Å². The number of halogens is 1. The summed E-state index contributed by atoms with van der Waals surface area (Å²) in [6.45, 7) is 0.489. The SMILES string of the molecule is COCCC1(c2cccc(F)c2C#N)C=CC=N1. The van der Waals surface area contributed by atoms with Gasteiger partial charge in [-0.25, -0.2) is 4.39 Å². The second-order valence-corrected chi connectivity index (χ2v) is 4.08. The van der Waals surface area contributed by atoms with Gasteiger partial charge in [-0.05, 0) is 12.1 Å². The maximum atomic E-state index is 13.7. The average molecular weight is 244 g/mol. The molecule has 0 saturated carbocycles. The minimum atomic E-state index is -0.677. The van der Waals surface area contributed by atoms with E-state index in [1.165, 1.54) is 6.07 Å². The highest BCUT2D eigenvalue weighted by molar-refractivity contribution is 5.76. The van der Waals surface area contributed by atoms with Crippen LogP contribution in [0.3, 0.4) is 0 Å². The lowest BCUT2D eigenvalue weighted by Crippen LogP contribution is -2.23. The number of hydrogen-bond acceptors (Lipinski definition) is 3. The van der Waals surface area contributed by atoms with Crippen molar-refractivity contribution in [3.63, 3.8) is 0 Å². The topological polar surface area (TPSA) is 45.4 Å². The van der Waals surface area contributed by atoms with Crippen molar-refractivity contribution in [2.75, 3.05) is 13.7 Å². The van der Waals surface area contributed by atoms with Crippen molar-refractivity contribution in [3.05, 3.63) is 47.3 Å². The fraction of sp³-hybridized carbons (Fsp3) is 0.286. The van der Waals surface area contributed by atoms with Gasteiger partial charge >= 0.3 is 0 Å². The van der Waals surface area contributed by atoms with Gasteiger partial charge in [0.1, 0.15) is 17.4 Å². The second kappa shape index (κ2) is 5.11. The molecule has 0 aliphatic carbocycles. The van der Waals surface area contributed by atoms with E-state index in [1.54, 1.807) is 25.5 Å². The Kier molecular flexibility index (Phi) is 3.54. The predicted octanol–water partition coefficient (Wildman–Crippen LogP) is 2.57. The van der Waals surface area contributed by atoms with E-state index in [9.17, 15) is 4.39 Å². The molecule has 92 valence electrons. The molecule has 1 aromatic rings. The van der Waals surface area contributed by atoms with E-state index in [4.69, 9.17) is 10.00 Å². The molecule has 0 saturated heterocycles. The van der Waals surface area contributed by atoms with Crippen LogP contribution < -0.4 is 0 Å². The van der Waals surface area contributed by atoms with Gasteiger partial charge in [0.25, 0.3) is 0 Å². The van der Waals surface area contributed by atoms with Crippen LogP contribution >= 0.6 is 0 Å². The smallest absolute Gasteiger partial charge is 0.141 e. The molecule has 0 N–H and O–H groups in total. The van der Waals surface area contributed by atoms with Crippen molar-refractivity contribution in [2.24, 2.45) is 4.99 Å². The first-order valence-electron chi connectivity index (χ1n) is 5.64. The molecule has 0 fully saturated rings. The van der Waals surface area contributed by atoms with Gasteiger partial charge in [0.15, 0.2) is 0 Å². The van der Waals surface area contributed by atoms with Crippen molar-refractivity contribution in [1.29, 1.82) is 5.26 Å². The summed E-state index contributed by atoms with van der Waals surface area (Å²) in [5, 5.41) is 9.10. The van der Waals surface area contributed by atoms with Crippen molar-refractivity contribution in [3.8, 4) is 6.07 Å². The van der Waals surface area contributed by atoms with Gasteiger partial charge in [-0.1, -0.05) is 18.2 Å². The van der Waals surface area contributed by atoms with Gasteiger partial charge in [-0.2, -0.15) is 5.26 Å². The number of hydrogen-bond donors (Lipinski definition) is 0. The molecule has 1 heterocycles. The average Bonchev–Trinajstić information content (AvgIpc) is 2.86. The summed E-state index contributed by atoms with van der Waals surface area (Å²) in [6, 6.07) is 6.54. The number of benzene rings is 1. The Hall–Kier alpha value is -1.99. The molecule has 4 heteroatoms. The molecule has 2 rings (SSSR count). The van der Waals surface area contributed by atoms with E-state index < -0.39 is 11.4 Å². The molecule has 0 aromatic heterocycles. The monoisotopic (exact) mass is 244 g/mol. The Morgan fingerprint density at radius 3 is 2.94 bits per heavy atom. The van der Waals surface area contributed by atoms with Gasteiger partial charge in [0, 0.05) is 31.9 Å². The van der Waals surface area contributed by atoms with Crippen LogP contribution in [-0.4, -0.2) is 19.9 Å². The van der Waals surface area contributed by atoms with Crippen molar-refractivity contribution < 1.29 is 9.13 Å². The van der Waals surface area contributed by atoms with Crippen LogP contribution in [0, 0.1) is 17.1 Å². The highest BCUT2D eigenvalue weighted by atomic mass is 19.1. The van der Waals surface area contributed by atoms with Gasteiger partial charge in [0.05, 0.1) is 5.56 Å². The standard InChI is InChI=1S/C14H13FN2O/c1-18-9-7-14(6-3-8-17-14)12-4-2-5-13(15)11(12)10-16/h2-6,8H,7,9H2,1H3. The van der Waals surface area contributed by atoms with Gasteiger partial charge in [0.2, 0.25) is 0 Å². The number of nitriles is 1. The van der Waals surface area contributed by atoms with Crippen LogP contribution in [0.4, 0.5) is 4.39 Å². The molecular weight excluding hydrogens is 231 g/mol. The zero-order valence-corrected chi connectivity index (χ0v) is 10.1. The minimum absolute atomic E-state index is 0.0531. The summed E-state index contributed by atoms with van der Waals surface area (Å²) in [7, 11) is 1.60. The highest BCUT2D eigenvalue weighted by Gasteiger charge is 2.33. The van der Waals surface area contributed by atoms with Crippen LogP contribution in [0.2, 0.25) is 0 Å². The Morgan fingerprint density at radius 2 is 2.33 bits per heavy atom. The molecule has 1 unspecified atom stereocenters. The quantitative estimate of drug-likeness (QED) is 0.817. The molecular formula is C14H13FN2O. The third-order valence-electron chi connectivity index (χ3n) is 3.04. The number of ether oxygens (including phenoxy) is 1. The Bertz CT molecular complexity index is 531.